The lowest BCUT2D eigenvalue weighted by molar-refractivity contribution is 0.398. The Balaban J connectivity index is 2.42. The number of nitrogens with zero attached hydrogens (tertiary/aromatic N) is 3. The summed E-state index contributed by atoms with van der Waals surface area (Å²) in [6.07, 6.45) is 4.93. The van der Waals surface area contributed by atoms with Crippen LogP contribution in [0.25, 0.3) is 11.4 Å². The largest absolute Gasteiger partial charge is 0.481 e. The van der Waals surface area contributed by atoms with Crippen molar-refractivity contribution in [2.45, 2.75) is 0 Å². The highest BCUT2D eigenvalue weighted by atomic mass is 16.5. The van der Waals surface area contributed by atoms with Crippen molar-refractivity contribution in [2.75, 3.05) is 7.11 Å². The van der Waals surface area contributed by atoms with Crippen LogP contribution in [0.1, 0.15) is 0 Å². The van der Waals surface area contributed by atoms with Crippen LogP contribution in [0.4, 0.5) is 0 Å². The zero-order valence-electron chi connectivity index (χ0n) is 7.71. The molecule has 70 valence electrons. The Labute approximate surface area is 81.6 Å². The predicted octanol–water partition coefficient (Wildman–Crippen LogP) is 1.55. The summed E-state index contributed by atoms with van der Waals surface area (Å²) in [6.45, 7) is 0. The summed E-state index contributed by atoms with van der Waals surface area (Å²) in [7, 11) is 1.59. The summed E-state index contributed by atoms with van der Waals surface area (Å²) in [5.41, 5.74) is 1.50. The highest BCUT2D eigenvalue weighted by molar-refractivity contribution is 5.52. The molecule has 0 fully saturated rings. The molecule has 2 aromatic heterocycles. The summed E-state index contributed by atoms with van der Waals surface area (Å²) in [5, 5.41) is 0. The molecule has 0 aromatic carbocycles. The Morgan fingerprint density at radius 1 is 1.14 bits per heavy atom. The molecular weight excluding hydrogens is 178 g/mol. The molecule has 0 radical (unpaired) electrons. The Bertz CT molecular complexity index is 417. The first-order chi connectivity index (χ1) is 6.90. The molecule has 0 aliphatic carbocycles. The van der Waals surface area contributed by atoms with E-state index in [2.05, 4.69) is 15.0 Å². The van der Waals surface area contributed by atoms with E-state index in [-0.39, 0.29) is 0 Å². The van der Waals surface area contributed by atoms with Gasteiger partial charge in [0.25, 0.3) is 0 Å². The van der Waals surface area contributed by atoms with Crippen molar-refractivity contribution in [3.05, 3.63) is 36.8 Å². The van der Waals surface area contributed by atoms with Crippen molar-refractivity contribution >= 4 is 0 Å². The van der Waals surface area contributed by atoms with Crippen LogP contribution in [-0.4, -0.2) is 22.1 Å². The Morgan fingerprint density at radius 2 is 2.07 bits per heavy atom. The van der Waals surface area contributed by atoms with Crippen LogP contribution in [0, 0.1) is 0 Å². The van der Waals surface area contributed by atoms with Gasteiger partial charge in [-0.15, -0.1) is 0 Å². The van der Waals surface area contributed by atoms with E-state index >= 15 is 0 Å². The van der Waals surface area contributed by atoms with Gasteiger partial charge in [0, 0.05) is 18.5 Å². The van der Waals surface area contributed by atoms with Gasteiger partial charge in [0.2, 0.25) is 5.88 Å². The van der Waals surface area contributed by atoms with E-state index in [9.17, 15) is 0 Å². The minimum absolute atomic E-state index is 0.577. The number of hydrogen-bond acceptors (Lipinski definition) is 4. The van der Waals surface area contributed by atoms with Crippen LogP contribution in [0.5, 0.6) is 5.88 Å². The van der Waals surface area contributed by atoms with Gasteiger partial charge in [-0.2, -0.15) is 0 Å². The third-order valence-corrected chi connectivity index (χ3v) is 1.76. The van der Waals surface area contributed by atoms with E-state index in [0.29, 0.717) is 5.88 Å². The van der Waals surface area contributed by atoms with E-state index in [4.69, 9.17) is 4.74 Å². The monoisotopic (exact) mass is 187 g/mol. The summed E-state index contributed by atoms with van der Waals surface area (Å²) >= 11 is 0. The maximum absolute atomic E-state index is 5.02. The van der Waals surface area contributed by atoms with Crippen LogP contribution in [0.3, 0.4) is 0 Å². The highest BCUT2D eigenvalue weighted by Gasteiger charge is 2.01. The second-order valence-electron chi connectivity index (χ2n) is 2.66. The van der Waals surface area contributed by atoms with Gasteiger partial charge >= 0.3 is 0 Å². The molecule has 0 saturated carbocycles. The fourth-order valence-electron chi connectivity index (χ4n) is 1.10. The molecule has 4 heteroatoms. The molecule has 0 aliphatic heterocycles. The minimum atomic E-state index is 0.577. The first-order valence-electron chi connectivity index (χ1n) is 4.17. The molecule has 0 bridgehead atoms. The van der Waals surface area contributed by atoms with E-state index in [1.54, 1.807) is 31.8 Å². The zero-order valence-corrected chi connectivity index (χ0v) is 7.71. The predicted molar refractivity (Wildman–Crippen MR) is 51.8 cm³/mol. The van der Waals surface area contributed by atoms with Gasteiger partial charge in [0.1, 0.15) is 5.69 Å². The summed E-state index contributed by atoms with van der Waals surface area (Å²) < 4.78 is 5.02. The maximum atomic E-state index is 5.02. The molecule has 0 aliphatic rings. The number of aromatic nitrogens is 3. The first kappa shape index (κ1) is 8.62. The van der Waals surface area contributed by atoms with Crippen LogP contribution >= 0.6 is 0 Å². The van der Waals surface area contributed by atoms with Crippen molar-refractivity contribution in [1.82, 2.24) is 15.0 Å². The van der Waals surface area contributed by atoms with Gasteiger partial charge in [-0.25, -0.2) is 4.98 Å². The Morgan fingerprint density at radius 3 is 2.79 bits per heavy atom. The number of hydrogen-bond donors (Lipinski definition) is 0. The number of rotatable bonds is 2. The molecule has 0 atom stereocenters. The maximum Gasteiger partial charge on any atom is 0.213 e. The van der Waals surface area contributed by atoms with Crippen LogP contribution < -0.4 is 4.74 Å². The van der Waals surface area contributed by atoms with E-state index < -0.39 is 0 Å². The second kappa shape index (κ2) is 3.83. The average molecular weight is 187 g/mol. The molecule has 14 heavy (non-hydrogen) atoms. The van der Waals surface area contributed by atoms with Gasteiger partial charge < -0.3 is 4.74 Å². The van der Waals surface area contributed by atoms with Gasteiger partial charge in [0.05, 0.1) is 19.0 Å². The smallest absolute Gasteiger partial charge is 0.213 e. The molecule has 0 saturated heterocycles. The first-order valence-corrected chi connectivity index (χ1v) is 4.17. The molecular formula is C10H9N3O. The lowest BCUT2D eigenvalue weighted by atomic mass is 10.3. The fraction of sp³-hybridized carbons (Fsp3) is 0.100. The second-order valence-corrected chi connectivity index (χ2v) is 2.66. The molecule has 0 N–H and O–H groups in total. The normalized spacial score (nSPS) is 9.79. The summed E-state index contributed by atoms with van der Waals surface area (Å²) in [5.74, 6) is 0.577. The van der Waals surface area contributed by atoms with Crippen LogP contribution in [0.15, 0.2) is 36.8 Å². The standard InChI is InChI=1S/C10H9N3O/c1-14-10-4-2-3-8(13-10)9-7-11-5-6-12-9/h2-7H,1H3. The Hall–Kier alpha value is -1.97. The molecule has 2 heterocycles. The quantitative estimate of drug-likeness (QED) is 0.715. The zero-order chi connectivity index (χ0) is 9.80. The van der Waals surface area contributed by atoms with Crippen molar-refractivity contribution < 1.29 is 4.74 Å². The van der Waals surface area contributed by atoms with Gasteiger partial charge in [-0.1, -0.05) is 6.07 Å². The molecule has 4 nitrogen and oxygen atoms in total. The summed E-state index contributed by atoms with van der Waals surface area (Å²) in [6, 6.07) is 5.53. The van der Waals surface area contributed by atoms with E-state index in [1.165, 1.54) is 0 Å². The van der Waals surface area contributed by atoms with Gasteiger partial charge in [-0.3, -0.25) is 9.97 Å². The lowest BCUT2D eigenvalue weighted by Gasteiger charge is -2.01. The lowest BCUT2D eigenvalue weighted by Crippen LogP contribution is -1.91. The SMILES string of the molecule is COc1cccc(-c2cnccn2)n1. The molecule has 2 rings (SSSR count). The number of pyridine rings is 1. The van der Waals surface area contributed by atoms with Crippen molar-refractivity contribution in [3.8, 4) is 17.3 Å². The van der Waals surface area contributed by atoms with E-state index in [1.807, 2.05) is 12.1 Å². The van der Waals surface area contributed by atoms with Crippen molar-refractivity contribution in [3.63, 3.8) is 0 Å². The minimum Gasteiger partial charge on any atom is -0.481 e. The van der Waals surface area contributed by atoms with E-state index in [0.717, 1.165) is 11.4 Å². The molecule has 2 aromatic rings. The van der Waals surface area contributed by atoms with Gasteiger partial charge in [-0.05, 0) is 6.07 Å². The topological polar surface area (TPSA) is 47.9 Å². The third-order valence-electron chi connectivity index (χ3n) is 1.76. The number of ether oxygens (including phenoxy) is 1. The van der Waals surface area contributed by atoms with Crippen LogP contribution in [-0.2, 0) is 0 Å². The average Bonchev–Trinajstić information content (AvgIpc) is 2.30. The highest BCUT2D eigenvalue weighted by Crippen LogP contribution is 2.15. The molecule has 0 unspecified atom stereocenters. The van der Waals surface area contributed by atoms with Crippen molar-refractivity contribution in [1.29, 1.82) is 0 Å². The Kier molecular flexibility index (Phi) is 2.36. The van der Waals surface area contributed by atoms with Crippen molar-refractivity contribution in [2.24, 2.45) is 0 Å². The summed E-state index contributed by atoms with van der Waals surface area (Å²) in [4.78, 5) is 12.4. The van der Waals surface area contributed by atoms with Gasteiger partial charge in [0.15, 0.2) is 0 Å². The third kappa shape index (κ3) is 1.69. The molecule has 0 amide bonds. The number of methoxy groups -OCH3 is 1. The molecule has 0 spiro atoms. The van der Waals surface area contributed by atoms with Crippen LogP contribution in [0.2, 0.25) is 0 Å². The fourth-order valence-corrected chi connectivity index (χ4v) is 1.10.